The standard InChI is InChI=1S/C12H18N2OS/c1-8-3-4-13-5-11(8)14-12(15)10-7-16-6-9(10)2/h6-8,11,13H,3-5H2,1-2H3,(H,14,15). The Morgan fingerprint density at radius 3 is 3.00 bits per heavy atom. The van der Waals surface area contributed by atoms with Gasteiger partial charge in [-0.15, -0.1) is 0 Å². The molecule has 1 aromatic heterocycles. The molecule has 2 N–H and O–H groups in total. The number of carbonyl (C=O) groups is 1. The van der Waals surface area contributed by atoms with E-state index in [-0.39, 0.29) is 11.9 Å². The third kappa shape index (κ3) is 2.44. The first-order chi connectivity index (χ1) is 7.68. The van der Waals surface area contributed by atoms with Crippen LogP contribution < -0.4 is 10.6 Å². The monoisotopic (exact) mass is 238 g/mol. The molecule has 1 saturated heterocycles. The molecule has 0 saturated carbocycles. The lowest BCUT2D eigenvalue weighted by Crippen LogP contribution is -2.50. The first-order valence-corrected chi connectivity index (χ1v) is 6.67. The van der Waals surface area contributed by atoms with Crippen LogP contribution in [0.15, 0.2) is 10.8 Å². The van der Waals surface area contributed by atoms with Gasteiger partial charge in [0, 0.05) is 18.0 Å². The van der Waals surface area contributed by atoms with E-state index >= 15 is 0 Å². The van der Waals surface area contributed by atoms with Crippen LogP contribution in [0, 0.1) is 12.8 Å². The average molecular weight is 238 g/mol. The van der Waals surface area contributed by atoms with Crippen molar-refractivity contribution in [1.29, 1.82) is 0 Å². The minimum absolute atomic E-state index is 0.0688. The molecule has 1 fully saturated rings. The van der Waals surface area contributed by atoms with Crippen LogP contribution in [0.3, 0.4) is 0 Å². The van der Waals surface area contributed by atoms with E-state index in [1.165, 1.54) is 0 Å². The van der Waals surface area contributed by atoms with Crippen LogP contribution in [0.25, 0.3) is 0 Å². The Kier molecular flexibility index (Phi) is 3.61. The summed E-state index contributed by atoms with van der Waals surface area (Å²) in [6.45, 7) is 6.13. The van der Waals surface area contributed by atoms with Gasteiger partial charge in [-0.3, -0.25) is 4.79 Å². The molecular weight excluding hydrogens is 220 g/mol. The van der Waals surface area contributed by atoms with E-state index < -0.39 is 0 Å². The smallest absolute Gasteiger partial charge is 0.252 e. The van der Waals surface area contributed by atoms with Crippen molar-refractivity contribution in [3.63, 3.8) is 0 Å². The summed E-state index contributed by atoms with van der Waals surface area (Å²) >= 11 is 1.58. The third-order valence-electron chi connectivity index (χ3n) is 3.24. The second-order valence-corrected chi connectivity index (χ2v) is 5.26. The molecule has 1 aromatic rings. The highest BCUT2D eigenvalue weighted by molar-refractivity contribution is 7.08. The van der Waals surface area contributed by atoms with Crippen molar-refractivity contribution in [1.82, 2.24) is 10.6 Å². The molecular formula is C12H18N2OS. The van der Waals surface area contributed by atoms with E-state index in [1.54, 1.807) is 11.3 Å². The van der Waals surface area contributed by atoms with Gasteiger partial charge in [0.15, 0.2) is 0 Å². The number of rotatable bonds is 2. The molecule has 2 heterocycles. The van der Waals surface area contributed by atoms with Gasteiger partial charge in [-0.2, -0.15) is 11.3 Å². The van der Waals surface area contributed by atoms with E-state index in [2.05, 4.69) is 17.6 Å². The topological polar surface area (TPSA) is 41.1 Å². The summed E-state index contributed by atoms with van der Waals surface area (Å²) in [6, 6.07) is 0.264. The van der Waals surface area contributed by atoms with Crippen molar-refractivity contribution in [2.45, 2.75) is 26.3 Å². The number of piperidine rings is 1. The Bertz CT molecular complexity index is 375. The summed E-state index contributed by atoms with van der Waals surface area (Å²) in [4.78, 5) is 12.0. The molecule has 2 atom stereocenters. The lowest BCUT2D eigenvalue weighted by molar-refractivity contribution is 0.0915. The molecule has 0 aliphatic carbocycles. The Morgan fingerprint density at radius 1 is 1.56 bits per heavy atom. The highest BCUT2D eigenvalue weighted by atomic mass is 32.1. The number of amides is 1. The van der Waals surface area contributed by atoms with E-state index in [4.69, 9.17) is 0 Å². The zero-order valence-electron chi connectivity index (χ0n) is 9.75. The first-order valence-electron chi connectivity index (χ1n) is 5.73. The number of aryl methyl sites for hydroxylation is 1. The zero-order valence-corrected chi connectivity index (χ0v) is 10.6. The van der Waals surface area contributed by atoms with Gasteiger partial charge in [-0.25, -0.2) is 0 Å². The molecule has 3 nitrogen and oxygen atoms in total. The molecule has 0 radical (unpaired) electrons. The van der Waals surface area contributed by atoms with Crippen LogP contribution in [0.2, 0.25) is 0 Å². The normalized spacial score (nSPS) is 25.4. The molecule has 88 valence electrons. The molecule has 2 rings (SSSR count). The first kappa shape index (κ1) is 11.6. The SMILES string of the molecule is Cc1cscc1C(=O)NC1CNCCC1C. The Labute approximate surface area is 100 Å². The van der Waals surface area contributed by atoms with Crippen molar-refractivity contribution in [2.24, 2.45) is 5.92 Å². The van der Waals surface area contributed by atoms with E-state index in [9.17, 15) is 4.79 Å². The minimum atomic E-state index is 0.0688. The molecule has 0 spiro atoms. The van der Waals surface area contributed by atoms with Crippen molar-refractivity contribution >= 4 is 17.2 Å². The fraction of sp³-hybridized carbons (Fsp3) is 0.583. The van der Waals surface area contributed by atoms with Crippen LogP contribution >= 0.6 is 11.3 Å². The van der Waals surface area contributed by atoms with Gasteiger partial charge in [-0.1, -0.05) is 6.92 Å². The highest BCUT2D eigenvalue weighted by Crippen LogP contribution is 2.16. The Hall–Kier alpha value is -0.870. The van der Waals surface area contributed by atoms with Gasteiger partial charge >= 0.3 is 0 Å². The number of hydrogen-bond acceptors (Lipinski definition) is 3. The van der Waals surface area contributed by atoms with Gasteiger partial charge < -0.3 is 10.6 Å². The number of hydrogen-bond donors (Lipinski definition) is 2. The summed E-state index contributed by atoms with van der Waals surface area (Å²) in [6.07, 6.45) is 1.13. The van der Waals surface area contributed by atoms with Crippen LogP contribution in [0.1, 0.15) is 29.3 Å². The van der Waals surface area contributed by atoms with Crippen molar-refractivity contribution in [3.8, 4) is 0 Å². The van der Waals surface area contributed by atoms with Gasteiger partial charge in [0.05, 0.1) is 5.56 Å². The lowest BCUT2D eigenvalue weighted by Gasteiger charge is -2.30. The molecule has 4 heteroatoms. The van der Waals surface area contributed by atoms with Crippen LogP contribution in [0.5, 0.6) is 0 Å². The molecule has 1 aliphatic heterocycles. The highest BCUT2D eigenvalue weighted by Gasteiger charge is 2.23. The van der Waals surface area contributed by atoms with Crippen LogP contribution in [0.4, 0.5) is 0 Å². The van der Waals surface area contributed by atoms with Gasteiger partial charge in [0.2, 0.25) is 0 Å². The summed E-state index contributed by atoms with van der Waals surface area (Å²) in [5.41, 5.74) is 1.89. The Balaban J connectivity index is 1.99. The molecule has 0 bridgehead atoms. The summed E-state index contributed by atoms with van der Waals surface area (Å²) in [5.74, 6) is 0.628. The van der Waals surface area contributed by atoms with Gasteiger partial charge in [-0.05, 0) is 36.8 Å². The Morgan fingerprint density at radius 2 is 2.38 bits per heavy atom. The summed E-state index contributed by atoms with van der Waals surface area (Å²) < 4.78 is 0. The molecule has 2 unspecified atom stereocenters. The quantitative estimate of drug-likeness (QED) is 0.824. The number of carbonyl (C=O) groups excluding carboxylic acids is 1. The third-order valence-corrected chi connectivity index (χ3v) is 4.11. The van der Waals surface area contributed by atoms with Crippen molar-refractivity contribution < 1.29 is 4.79 Å². The van der Waals surface area contributed by atoms with E-state index in [0.29, 0.717) is 5.92 Å². The van der Waals surface area contributed by atoms with Crippen molar-refractivity contribution in [2.75, 3.05) is 13.1 Å². The van der Waals surface area contributed by atoms with E-state index in [0.717, 1.165) is 30.6 Å². The maximum Gasteiger partial charge on any atom is 0.252 e. The molecule has 0 aromatic carbocycles. The van der Waals surface area contributed by atoms with Crippen molar-refractivity contribution in [3.05, 3.63) is 21.9 Å². The molecule has 1 amide bonds. The lowest BCUT2D eigenvalue weighted by atomic mass is 9.94. The molecule has 1 aliphatic rings. The fourth-order valence-electron chi connectivity index (χ4n) is 2.02. The largest absolute Gasteiger partial charge is 0.348 e. The molecule has 16 heavy (non-hydrogen) atoms. The average Bonchev–Trinajstić information content (AvgIpc) is 2.68. The maximum absolute atomic E-state index is 12.0. The second kappa shape index (κ2) is 4.97. The van der Waals surface area contributed by atoms with Gasteiger partial charge in [0.1, 0.15) is 0 Å². The maximum atomic E-state index is 12.0. The predicted molar refractivity (Wildman–Crippen MR) is 67.0 cm³/mol. The number of thiophene rings is 1. The summed E-state index contributed by atoms with van der Waals surface area (Å²) in [5, 5.41) is 10.4. The van der Waals surface area contributed by atoms with Crippen LogP contribution in [-0.4, -0.2) is 25.0 Å². The zero-order chi connectivity index (χ0) is 11.5. The summed E-state index contributed by atoms with van der Waals surface area (Å²) in [7, 11) is 0. The number of nitrogens with one attached hydrogen (secondary N) is 2. The van der Waals surface area contributed by atoms with E-state index in [1.807, 2.05) is 17.7 Å². The predicted octanol–water partition coefficient (Wildman–Crippen LogP) is 1.78. The fourth-order valence-corrected chi connectivity index (χ4v) is 2.85. The second-order valence-electron chi connectivity index (χ2n) is 4.52. The minimum Gasteiger partial charge on any atom is -0.348 e. The van der Waals surface area contributed by atoms with Crippen LogP contribution in [-0.2, 0) is 0 Å². The van der Waals surface area contributed by atoms with Gasteiger partial charge in [0.25, 0.3) is 5.91 Å².